The first-order valence-corrected chi connectivity index (χ1v) is 6.99. The number of aryl methyl sites for hydroxylation is 3. The highest BCUT2D eigenvalue weighted by molar-refractivity contribution is 5.38. The molecule has 0 aromatic heterocycles. The molecule has 100 valence electrons. The minimum atomic E-state index is 0.108. The molecule has 1 aromatic carbocycles. The average Bonchev–Trinajstić information content (AvgIpc) is 2.81. The van der Waals surface area contributed by atoms with E-state index in [-0.39, 0.29) is 6.04 Å². The zero-order valence-corrected chi connectivity index (χ0v) is 12.0. The molecule has 0 spiro atoms. The molecular weight excluding hydrogens is 222 g/mol. The zero-order chi connectivity index (χ0) is 13.3. The number of benzene rings is 1. The van der Waals surface area contributed by atoms with E-state index in [9.17, 15) is 0 Å². The first-order valence-electron chi connectivity index (χ1n) is 6.99. The van der Waals surface area contributed by atoms with Crippen molar-refractivity contribution < 1.29 is 4.74 Å². The van der Waals surface area contributed by atoms with Gasteiger partial charge in [-0.3, -0.25) is 0 Å². The number of nitrogens with two attached hydrogens (primary N) is 1. The topological polar surface area (TPSA) is 35.2 Å². The third-order valence-corrected chi connectivity index (χ3v) is 4.37. The minimum Gasteiger partial charge on any atom is -0.378 e. The van der Waals surface area contributed by atoms with Gasteiger partial charge in [0, 0.05) is 18.6 Å². The largest absolute Gasteiger partial charge is 0.378 e. The van der Waals surface area contributed by atoms with Gasteiger partial charge in [-0.15, -0.1) is 0 Å². The van der Waals surface area contributed by atoms with Crippen molar-refractivity contribution in [2.45, 2.75) is 52.7 Å². The summed E-state index contributed by atoms with van der Waals surface area (Å²) in [7, 11) is 0. The van der Waals surface area contributed by atoms with Crippen molar-refractivity contribution in [1.29, 1.82) is 0 Å². The summed E-state index contributed by atoms with van der Waals surface area (Å²) >= 11 is 0. The van der Waals surface area contributed by atoms with Gasteiger partial charge in [-0.25, -0.2) is 0 Å². The molecule has 1 heterocycles. The molecule has 1 aliphatic rings. The standard InChI is InChI=1S/C16H25NO/c1-5-15-13(6-7-18-15)16(17)14-9-11(3)10(2)8-12(14)4/h8-9,13,15-16H,5-7,17H2,1-4H3. The van der Waals surface area contributed by atoms with E-state index in [0.717, 1.165) is 19.4 Å². The van der Waals surface area contributed by atoms with Crippen LogP contribution in [0.4, 0.5) is 0 Å². The molecule has 18 heavy (non-hydrogen) atoms. The van der Waals surface area contributed by atoms with Crippen molar-refractivity contribution in [3.05, 3.63) is 34.4 Å². The van der Waals surface area contributed by atoms with E-state index >= 15 is 0 Å². The fourth-order valence-electron chi connectivity index (χ4n) is 3.07. The molecule has 2 heteroatoms. The molecule has 2 nitrogen and oxygen atoms in total. The molecule has 0 amide bonds. The fraction of sp³-hybridized carbons (Fsp3) is 0.625. The fourth-order valence-corrected chi connectivity index (χ4v) is 3.07. The quantitative estimate of drug-likeness (QED) is 0.888. The molecule has 2 rings (SSSR count). The maximum Gasteiger partial charge on any atom is 0.0619 e. The molecule has 3 unspecified atom stereocenters. The third-order valence-electron chi connectivity index (χ3n) is 4.37. The summed E-state index contributed by atoms with van der Waals surface area (Å²) in [6.45, 7) is 9.53. The van der Waals surface area contributed by atoms with Gasteiger partial charge in [-0.1, -0.05) is 19.1 Å². The Balaban J connectivity index is 2.28. The lowest BCUT2D eigenvalue weighted by Gasteiger charge is -2.26. The zero-order valence-electron chi connectivity index (χ0n) is 12.0. The van der Waals surface area contributed by atoms with E-state index in [1.807, 2.05) is 0 Å². The van der Waals surface area contributed by atoms with Crippen molar-refractivity contribution in [1.82, 2.24) is 0 Å². The van der Waals surface area contributed by atoms with Crippen LogP contribution in [0.3, 0.4) is 0 Å². The lowest BCUT2D eigenvalue weighted by atomic mass is 9.84. The van der Waals surface area contributed by atoms with E-state index in [4.69, 9.17) is 10.5 Å². The van der Waals surface area contributed by atoms with Crippen LogP contribution >= 0.6 is 0 Å². The normalized spacial score (nSPS) is 25.4. The van der Waals surface area contributed by atoms with E-state index in [2.05, 4.69) is 39.8 Å². The van der Waals surface area contributed by atoms with Crippen LogP contribution in [0.5, 0.6) is 0 Å². The maximum atomic E-state index is 6.51. The molecule has 0 radical (unpaired) electrons. The van der Waals surface area contributed by atoms with Gasteiger partial charge in [0.25, 0.3) is 0 Å². The Hall–Kier alpha value is -0.860. The van der Waals surface area contributed by atoms with Crippen molar-refractivity contribution in [3.8, 4) is 0 Å². The lowest BCUT2D eigenvalue weighted by molar-refractivity contribution is 0.0813. The molecular formula is C16H25NO. The Morgan fingerprint density at radius 1 is 1.22 bits per heavy atom. The first kappa shape index (κ1) is 13.6. The second-order valence-electron chi connectivity index (χ2n) is 5.59. The highest BCUT2D eigenvalue weighted by atomic mass is 16.5. The average molecular weight is 247 g/mol. The van der Waals surface area contributed by atoms with Crippen molar-refractivity contribution in [2.24, 2.45) is 11.7 Å². The lowest BCUT2D eigenvalue weighted by Crippen LogP contribution is -2.28. The Morgan fingerprint density at radius 2 is 1.89 bits per heavy atom. The number of hydrogen-bond donors (Lipinski definition) is 1. The summed E-state index contributed by atoms with van der Waals surface area (Å²) in [5.74, 6) is 0.468. The van der Waals surface area contributed by atoms with Crippen LogP contribution in [0, 0.1) is 26.7 Å². The Morgan fingerprint density at radius 3 is 2.56 bits per heavy atom. The molecule has 0 bridgehead atoms. The van der Waals surface area contributed by atoms with Crippen LogP contribution in [0.2, 0.25) is 0 Å². The van der Waals surface area contributed by atoms with Crippen LogP contribution in [0.25, 0.3) is 0 Å². The summed E-state index contributed by atoms with van der Waals surface area (Å²) in [5, 5.41) is 0. The summed E-state index contributed by atoms with van der Waals surface area (Å²) in [5.41, 5.74) is 11.8. The smallest absolute Gasteiger partial charge is 0.0619 e. The summed E-state index contributed by atoms with van der Waals surface area (Å²) in [6, 6.07) is 4.62. The molecule has 0 saturated carbocycles. The SMILES string of the molecule is CCC1OCCC1C(N)c1cc(C)c(C)cc1C. The number of hydrogen-bond acceptors (Lipinski definition) is 2. The van der Waals surface area contributed by atoms with Crippen molar-refractivity contribution in [3.63, 3.8) is 0 Å². The van der Waals surface area contributed by atoms with Crippen molar-refractivity contribution >= 4 is 0 Å². The Kier molecular flexibility index (Phi) is 4.08. The third kappa shape index (κ3) is 2.45. The number of ether oxygens (including phenoxy) is 1. The highest BCUT2D eigenvalue weighted by Crippen LogP contribution is 2.35. The second kappa shape index (κ2) is 5.41. The van der Waals surface area contributed by atoms with E-state index in [0.29, 0.717) is 12.0 Å². The summed E-state index contributed by atoms with van der Waals surface area (Å²) in [4.78, 5) is 0. The summed E-state index contributed by atoms with van der Waals surface area (Å²) < 4.78 is 5.77. The predicted octanol–water partition coefficient (Wildman–Crippen LogP) is 3.43. The van der Waals surface area contributed by atoms with E-state index < -0.39 is 0 Å². The molecule has 1 aromatic rings. The van der Waals surface area contributed by atoms with Gasteiger partial charge in [0.2, 0.25) is 0 Å². The molecule has 1 fully saturated rings. The van der Waals surface area contributed by atoms with Crippen LogP contribution in [-0.2, 0) is 4.74 Å². The highest BCUT2D eigenvalue weighted by Gasteiger charge is 2.33. The van der Waals surface area contributed by atoms with Gasteiger partial charge >= 0.3 is 0 Å². The Labute approximate surface area is 111 Å². The van der Waals surface area contributed by atoms with E-state index in [1.165, 1.54) is 22.3 Å². The van der Waals surface area contributed by atoms with Crippen LogP contribution in [0.15, 0.2) is 12.1 Å². The van der Waals surface area contributed by atoms with Gasteiger partial charge in [0.05, 0.1) is 6.10 Å². The van der Waals surface area contributed by atoms with Crippen LogP contribution < -0.4 is 5.73 Å². The second-order valence-corrected chi connectivity index (χ2v) is 5.59. The first-order chi connectivity index (χ1) is 8.54. The molecule has 1 saturated heterocycles. The monoisotopic (exact) mass is 247 g/mol. The van der Waals surface area contributed by atoms with Crippen LogP contribution in [0.1, 0.15) is 48.1 Å². The minimum absolute atomic E-state index is 0.108. The van der Waals surface area contributed by atoms with Crippen LogP contribution in [-0.4, -0.2) is 12.7 Å². The van der Waals surface area contributed by atoms with Gasteiger partial charge < -0.3 is 10.5 Å². The van der Waals surface area contributed by atoms with Gasteiger partial charge in [0.15, 0.2) is 0 Å². The Bertz CT molecular complexity index is 427. The van der Waals surface area contributed by atoms with E-state index in [1.54, 1.807) is 0 Å². The van der Waals surface area contributed by atoms with Gasteiger partial charge in [0.1, 0.15) is 0 Å². The predicted molar refractivity (Wildman–Crippen MR) is 75.7 cm³/mol. The van der Waals surface area contributed by atoms with Crippen molar-refractivity contribution in [2.75, 3.05) is 6.61 Å². The molecule has 0 aliphatic carbocycles. The summed E-state index contributed by atoms with van der Waals surface area (Å²) in [6.07, 6.45) is 2.48. The number of rotatable bonds is 3. The maximum absolute atomic E-state index is 6.51. The molecule has 2 N–H and O–H groups in total. The molecule has 3 atom stereocenters. The molecule has 1 aliphatic heterocycles. The van der Waals surface area contributed by atoms with Gasteiger partial charge in [-0.2, -0.15) is 0 Å². The van der Waals surface area contributed by atoms with Gasteiger partial charge in [-0.05, 0) is 55.9 Å².